The predicted molar refractivity (Wildman–Crippen MR) is 144 cm³/mol. The molecule has 4 rings (SSSR count). The Balaban J connectivity index is 1.41. The summed E-state index contributed by atoms with van der Waals surface area (Å²) >= 11 is 1.58. The minimum atomic E-state index is -0.621. The fraction of sp³-hybridized carbons (Fsp3) is 0.241. The molecule has 1 N–H and O–H groups in total. The first kappa shape index (κ1) is 25.3. The van der Waals surface area contributed by atoms with Gasteiger partial charge in [-0.1, -0.05) is 30.3 Å². The molecular weight excluding hydrogens is 472 g/mol. The zero-order valence-electron chi connectivity index (χ0n) is 20.9. The van der Waals surface area contributed by atoms with E-state index >= 15 is 0 Å². The maximum absolute atomic E-state index is 13.0. The zero-order chi connectivity index (χ0) is 25.5. The third-order valence-electron chi connectivity index (χ3n) is 5.93. The van der Waals surface area contributed by atoms with E-state index in [2.05, 4.69) is 10.3 Å². The number of amides is 1. The minimum Gasteiger partial charge on any atom is -0.493 e. The number of nitrogens with zero attached hydrogens (tertiary/aromatic N) is 1. The van der Waals surface area contributed by atoms with Crippen LogP contribution >= 0.6 is 11.3 Å². The van der Waals surface area contributed by atoms with Crippen molar-refractivity contribution in [3.63, 3.8) is 0 Å². The van der Waals surface area contributed by atoms with Crippen molar-refractivity contribution >= 4 is 22.9 Å². The predicted octanol–water partition coefficient (Wildman–Crippen LogP) is 6.37. The second kappa shape index (κ2) is 11.3. The highest BCUT2D eigenvalue weighted by molar-refractivity contribution is 7.10. The number of methoxy groups -OCH3 is 2. The average molecular weight is 503 g/mol. The Labute approximate surface area is 215 Å². The van der Waals surface area contributed by atoms with Crippen LogP contribution in [0.2, 0.25) is 0 Å². The summed E-state index contributed by atoms with van der Waals surface area (Å²) in [6.07, 6.45) is 0.702. The number of ether oxygens (including phenoxy) is 3. The Morgan fingerprint density at radius 1 is 0.944 bits per heavy atom. The summed E-state index contributed by atoms with van der Waals surface area (Å²) in [5.41, 5.74) is 2.85. The van der Waals surface area contributed by atoms with E-state index in [0.29, 0.717) is 30.4 Å². The van der Waals surface area contributed by atoms with E-state index in [-0.39, 0.29) is 5.91 Å². The number of thiophene rings is 1. The standard InChI is InChI=1S/C29H30N2O4S/c1-29(2,26-11-7-17-36-26)28(32)30-22-9-5-8-21(19-22)23-10-6-12-27(31-23)35-16-15-20-13-14-24(33-3)25(18-20)34-4/h5-14,17-19H,15-16H2,1-4H3,(H,30,32). The van der Waals surface area contributed by atoms with E-state index in [1.807, 2.05) is 92.0 Å². The summed E-state index contributed by atoms with van der Waals surface area (Å²) in [5, 5.41) is 5.04. The molecule has 2 aromatic heterocycles. The molecule has 0 fully saturated rings. The van der Waals surface area contributed by atoms with Gasteiger partial charge in [0.2, 0.25) is 11.8 Å². The second-order valence-electron chi connectivity index (χ2n) is 8.79. The number of benzene rings is 2. The molecule has 0 spiro atoms. The van der Waals surface area contributed by atoms with Crippen LogP contribution in [0.5, 0.6) is 17.4 Å². The topological polar surface area (TPSA) is 69.7 Å². The number of carbonyl (C=O) groups excluding carboxylic acids is 1. The van der Waals surface area contributed by atoms with E-state index in [1.165, 1.54) is 0 Å². The van der Waals surface area contributed by atoms with Gasteiger partial charge in [-0.15, -0.1) is 11.3 Å². The molecule has 1 amide bonds. The molecule has 0 aliphatic rings. The van der Waals surface area contributed by atoms with Gasteiger partial charge in [-0.05, 0) is 61.2 Å². The van der Waals surface area contributed by atoms with Crippen molar-refractivity contribution in [2.45, 2.75) is 25.7 Å². The van der Waals surface area contributed by atoms with Gasteiger partial charge >= 0.3 is 0 Å². The normalized spacial score (nSPS) is 11.1. The van der Waals surface area contributed by atoms with Crippen LogP contribution in [-0.4, -0.2) is 31.7 Å². The number of nitrogens with one attached hydrogen (secondary N) is 1. The van der Waals surface area contributed by atoms with Crippen LogP contribution in [-0.2, 0) is 16.6 Å². The molecule has 0 bridgehead atoms. The summed E-state index contributed by atoms with van der Waals surface area (Å²) in [6.45, 7) is 4.34. The molecule has 7 heteroatoms. The smallest absolute Gasteiger partial charge is 0.235 e. The molecule has 0 radical (unpaired) electrons. The van der Waals surface area contributed by atoms with Gasteiger partial charge in [0.25, 0.3) is 0 Å². The van der Waals surface area contributed by atoms with Crippen molar-refractivity contribution < 1.29 is 19.0 Å². The lowest BCUT2D eigenvalue weighted by molar-refractivity contribution is -0.120. The first-order valence-corrected chi connectivity index (χ1v) is 12.6. The average Bonchev–Trinajstić information content (AvgIpc) is 3.45. The molecule has 6 nitrogen and oxygen atoms in total. The first-order chi connectivity index (χ1) is 17.4. The molecule has 2 heterocycles. The van der Waals surface area contributed by atoms with Gasteiger partial charge in [-0.25, -0.2) is 4.98 Å². The summed E-state index contributed by atoms with van der Waals surface area (Å²) in [5.74, 6) is 1.88. The van der Waals surface area contributed by atoms with Crippen LogP contribution in [0.15, 0.2) is 78.2 Å². The molecule has 0 saturated heterocycles. The number of rotatable bonds is 10. The Morgan fingerprint density at radius 2 is 1.75 bits per heavy atom. The van der Waals surface area contributed by atoms with Crippen molar-refractivity contribution in [3.05, 3.63) is 88.6 Å². The Kier molecular flexibility index (Phi) is 7.90. The lowest BCUT2D eigenvalue weighted by atomic mass is 9.90. The van der Waals surface area contributed by atoms with Crippen molar-refractivity contribution in [1.82, 2.24) is 4.98 Å². The maximum Gasteiger partial charge on any atom is 0.235 e. The number of hydrogen-bond donors (Lipinski definition) is 1. The molecule has 0 unspecified atom stereocenters. The highest BCUT2D eigenvalue weighted by Crippen LogP contribution is 2.30. The monoisotopic (exact) mass is 502 g/mol. The lowest BCUT2D eigenvalue weighted by Crippen LogP contribution is -2.33. The number of hydrogen-bond acceptors (Lipinski definition) is 6. The summed E-state index contributed by atoms with van der Waals surface area (Å²) in [6, 6.07) is 23.2. The van der Waals surface area contributed by atoms with Crippen molar-refractivity contribution in [1.29, 1.82) is 0 Å². The van der Waals surface area contributed by atoms with Gasteiger partial charge in [-0.2, -0.15) is 0 Å². The molecule has 186 valence electrons. The number of pyridine rings is 1. The quantitative estimate of drug-likeness (QED) is 0.273. The molecule has 0 aliphatic heterocycles. The van der Waals surface area contributed by atoms with Crippen molar-refractivity contribution in [3.8, 4) is 28.6 Å². The number of anilines is 1. The van der Waals surface area contributed by atoms with Crippen LogP contribution in [0.4, 0.5) is 5.69 Å². The van der Waals surface area contributed by atoms with Gasteiger partial charge in [-0.3, -0.25) is 4.79 Å². The van der Waals surface area contributed by atoms with Crippen LogP contribution in [0.25, 0.3) is 11.3 Å². The van der Waals surface area contributed by atoms with Crippen LogP contribution in [0, 0.1) is 0 Å². The molecular formula is C29H30N2O4S. The number of aromatic nitrogens is 1. The van der Waals surface area contributed by atoms with Crippen molar-refractivity contribution in [2.75, 3.05) is 26.1 Å². The summed E-state index contributed by atoms with van der Waals surface area (Å²) in [4.78, 5) is 18.7. The zero-order valence-corrected chi connectivity index (χ0v) is 21.7. The molecule has 4 aromatic rings. The Bertz CT molecular complexity index is 1320. The second-order valence-corrected chi connectivity index (χ2v) is 9.73. The molecule has 0 saturated carbocycles. The van der Waals surface area contributed by atoms with Gasteiger partial charge in [0.15, 0.2) is 11.5 Å². The fourth-order valence-electron chi connectivity index (χ4n) is 3.76. The van der Waals surface area contributed by atoms with Gasteiger partial charge in [0.05, 0.1) is 31.9 Å². The van der Waals surface area contributed by atoms with Crippen molar-refractivity contribution in [2.24, 2.45) is 0 Å². The van der Waals surface area contributed by atoms with E-state index in [1.54, 1.807) is 25.6 Å². The van der Waals surface area contributed by atoms with Crippen LogP contribution < -0.4 is 19.5 Å². The molecule has 36 heavy (non-hydrogen) atoms. The minimum absolute atomic E-state index is 0.0534. The SMILES string of the molecule is COc1ccc(CCOc2cccc(-c3cccc(NC(=O)C(C)(C)c4cccs4)c3)n2)cc1OC. The third-order valence-corrected chi connectivity index (χ3v) is 7.13. The van der Waals surface area contributed by atoms with E-state index in [9.17, 15) is 4.79 Å². The van der Waals surface area contributed by atoms with Gasteiger partial charge in [0.1, 0.15) is 0 Å². The fourth-order valence-corrected chi connectivity index (χ4v) is 4.60. The summed E-state index contributed by atoms with van der Waals surface area (Å²) < 4.78 is 16.6. The largest absolute Gasteiger partial charge is 0.493 e. The molecule has 2 aromatic carbocycles. The lowest BCUT2D eigenvalue weighted by Gasteiger charge is -2.22. The Hall–Kier alpha value is -3.84. The van der Waals surface area contributed by atoms with Crippen LogP contribution in [0.1, 0.15) is 24.3 Å². The Morgan fingerprint density at radius 3 is 2.50 bits per heavy atom. The summed E-state index contributed by atoms with van der Waals surface area (Å²) in [7, 11) is 3.24. The third kappa shape index (κ3) is 5.86. The van der Waals surface area contributed by atoms with E-state index < -0.39 is 5.41 Å². The van der Waals surface area contributed by atoms with E-state index in [0.717, 1.165) is 27.4 Å². The molecule has 0 aliphatic carbocycles. The van der Waals surface area contributed by atoms with Gasteiger partial charge in [0, 0.05) is 28.6 Å². The first-order valence-electron chi connectivity index (χ1n) is 11.7. The van der Waals surface area contributed by atoms with Gasteiger partial charge < -0.3 is 19.5 Å². The van der Waals surface area contributed by atoms with E-state index in [4.69, 9.17) is 14.2 Å². The number of carbonyl (C=O) groups is 1. The highest BCUT2D eigenvalue weighted by atomic mass is 32.1. The highest BCUT2D eigenvalue weighted by Gasteiger charge is 2.30. The maximum atomic E-state index is 13.0. The van der Waals surface area contributed by atoms with Crippen LogP contribution in [0.3, 0.4) is 0 Å². The molecule has 0 atom stereocenters.